The minimum Gasteiger partial charge on any atom is -0.352 e. The van der Waals surface area contributed by atoms with Crippen molar-refractivity contribution in [3.63, 3.8) is 0 Å². The summed E-state index contributed by atoms with van der Waals surface area (Å²) in [5.41, 5.74) is 0. The van der Waals surface area contributed by atoms with Crippen LogP contribution in [-0.4, -0.2) is 11.9 Å². The quantitative estimate of drug-likeness (QED) is 0.770. The molecule has 1 amide bonds. The Morgan fingerprint density at radius 2 is 2.33 bits per heavy atom. The van der Waals surface area contributed by atoms with Gasteiger partial charge in [0.05, 0.1) is 12.0 Å². The Labute approximate surface area is 91.9 Å². The predicted octanol–water partition coefficient (Wildman–Crippen LogP) is 2.23. The van der Waals surface area contributed by atoms with Crippen LogP contribution in [0.1, 0.15) is 46.0 Å². The lowest BCUT2D eigenvalue weighted by atomic mass is 10.0. The molecule has 0 aromatic rings. The maximum atomic E-state index is 11.6. The van der Waals surface area contributed by atoms with Crippen LogP contribution < -0.4 is 5.32 Å². The number of carbonyl (C=O) groups excluding carboxylic acids is 1. The van der Waals surface area contributed by atoms with E-state index in [-0.39, 0.29) is 17.9 Å². The second-order valence-corrected chi connectivity index (χ2v) is 4.56. The lowest BCUT2D eigenvalue weighted by molar-refractivity contribution is -0.122. The first-order chi connectivity index (χ1) is 7.17. The van der Waals surface area contributed by atoms with Gasteiger partial charge in [0, 0.05) is 12.5 Å². The molecule has 0 heterocycles. The SMILES string of the molecule is CCC(C)CC(=O)NC1CCCC1C#N. The lowest BCUT2D eigenvalue weighted by Gasteiger charge is -2.16. The Kier molecular flexibility index (Phi) is 4.61. The first kappa shape index (κ1) is 12.0. The van der Waals surface area contributed by atoms with Crippen LogP contribution in [0.5, 0.6) is 0 Å². The standard InChI is InChI=1S/C12H20N2O/c1-3-9(2)7-12(15)14-11-6-4-5-10(11)8-13/h9-11H,3-7H2,1-2H3,(H,14,15). The molecule has 1 aliphatic carbocycles. The molecule has 0 bridgehead atoms. The van der Waals surface area contributed by atoms with Crippen molar-refractivity contribution in [2.24, 2.45) is 11.8 Å². The van der Waals surface area contributed by atoms with E-state index in [1.807, 2.05) is 0 Å². The zero-order valence-electron chi connectivity index (χ0n) is 9.62. The van der Waals surface area contributed by atoms with E-state index < -0.39 is 0 Å². The summed E-state index contributed by atoms with van der Waals surface area (Å²) >= 11 is 0. The van der Waals surface area contributed by atoms with E-state index in [1.54, 1.807) is 0 Å². The van der Waals surface area contributed by atoms with Crippen molar-refractivity contribution in [1.82, 2.24) is 5.32 Å². The minimum atomic E-state index is 0.0332. The average molecular weight is 208 g/mol. The summed E-state index contributed by atoms with van der Waals surface area (Å²) in [4.78, 5) is 11.6. The number of hydrogen-bond donors (Lipinski definition) is 1. The number of nitrogens with zero attached hydrogens (tertiary/aromatic N) is 1. The van der Waals surface area contributed by atoms with E-state index >= 15 is 0 Å². The molecular weight excluding hydrogens is 188 g/mol. The van der Waals surface area contributed by atoms with Gasteiger partial charge >= 0.3 is 0 Å². The van der Waals surface area contributed by atoms with Crippen molar-refractivity contribution >= 4 is 5.91 Å². The maximum absolute atomic E-state index is 11.6. The molecule has 1 fully saturated rings. The fourth-order valence-corrected chi connectivity index (χ4v) is 2.01. The summed E-state index contributed by atoms with van der Waals surface area (Å²) in [6, 6.07) is 2.38. The monoisotopic (exact) mass is 208 g/mol. The van der Waals surface area contributed by atoms with Gasteiger partial charge in [-0.25, -0.2) is 0 Å². The molecule has 0 aliphatic heterocycles. The number of nitrogens with one attached hydrogen (secondary N) is 1. The van der Waals surface area contributed by atoms with E-state index in [0.29, 0.717) is 12.3 Å². The molecule has 1 saturated carbocycles. The van der Waals surface area contributed by atoms with Gasteiger partial charge in [0.25, 0.3) is 0 Å². The van der Waals surface area contributed by atoms with Crippen LogP contribution in [-0.2, 0) is 4.79 Å². The van der Waals surface area contributed by atoms with Crippen LogP contribution in [0.15, 0.2) is 0 Å². The van der Waals surface area contributed by atoms with Crippen molar-refractivity contribution in [3.05, 3.63) is 0 Å². The Balaban J connectivity index is 2.35. The van der Waals surface area contributed by atoms with Gasteiger partial charge in [0.2, 0.25) is 5.91 Å². The molecule has 3 atom stereocenters. The summed E-state index contributed by atoms with van der Waals surface area (Å²) in [7, 11) is 0. The van der Waals surface area contributed by atoms with E-state index in [9.17, 15) is 4.79 Å². The molecule has 0 spiro atoms. The van der Waals surface area contributed by atoms with Gasteiger partial charge in [0.15, 0.2) is 0 Å². The van der Waals surface area contributed by atoms with Crippen molar-refractivity contribution in [2.75, 3.05) is 0 Å². The zero-order chi connectivity index (χ0) is 11.3. The first-order valence-corrected chi connectivity index (χ1v) is 5.86. The smallest absolute Gasteiger partial charge is 0.220 e. The first-order valence-electron chi connectivity index (χ1n) is 5.86. The highest BCUT2D eigenvalue weighted by atomic mass is 16.1. The average Bonchev–Trinajstić information content (AvgIpc) is 2.64. The molecule has 0 radical (unpaired) electrons. The highest BCUT2D eigenvalue weighted by molar-refractivity contribution is 5.76. The summed E-state index contributed by atoms with van der Waals surface area (Å²) in [5, 5.41) is 11.9. The van der Waals surface area contributed by atoms with Gasteiger partial charge in [0.1, 0.15) is 0 Å². The lowest BCUT2D eigenvalue weighted by Crippen LogP contribution is -2.37. The molecule has 84 valence electrons. The molecule has 0 aromatic carbocycles. The van der Waals surface area contributed by atoms with E-state index in [2.05, 4.69) is 25.2 Å². The minimum absolute atomic E-state index is 0.0332. The van der Waals surface area contributed by atoms with Crippen LogP contribution >= 0.6 is 0 Å². The highest BCUT2D eigenvalue weighted by Crippen LogP contribution is 2.25. The van der Waals surface area contributed by atoms with Gasteiger partial charge in [-0.2, -0.15) is 5.26 Å². The molecule has 3 unspecified atom stereocenters. The van der Waals surface area contributed by atoms with E-state index in [0.717, 1.165) is 25.7 Å². The Morgan fingerprint density at radius 3 is 2.93 bits per heavy atom. The zero-order valence-corrected chi connectivity index (χ0v) is 9.62. The molecule has 0 saturated heterocycles. The van der Waals surface area contributed by atoms with Crippen molar-refractivity contribution < 1.29 is 4.79 Å². The van der Waals surface area contributed by atoms with Crippen molar-refractivity contribution in [2.45, 2.75) is 52.0 Å². The number of carbonyl (C=O) groups is 1. The Morgan fingerprint density at radius 1 is 1.60 bits per heavy atom. The van der Waals surface area contributed by atoms with Crippen LogP contribution in [0.4, 0.5) is 0 Å². The van der Waals surface area contributed by atoms with Crippen LogP contribution in [0.25, 0.3) is 0 Å². The number of nitriles is 1. The second-order valence-electron chi connectivity index (χ2n) is 4.56. The van der Waals surface area contributed by atoms with E-state index in [1.165, 1.54) is 0 Å². The number of hydrogen-bond acceptors (Lipinski definition) is 2. The molecular formula is C12H20N2O. The van der Waals surface area contributed by atoms with Crippen molar-refractivity contribution in [1.29, 1.82) is 5.26 Å². The third kappa shape index (κ3) is 3.54. The van der Waals surface area contributed by atoms with Crippen LogP contribution in [0, 0.1) is 23.2 Å². The van der Waals surface area contributed by atoms with E-state index in [4.69, 9.17) is 5.26 Å². The number of rotatable bonds is 4. The molecule has 1 rings (SSSR count). The van der Waals surface area contributed by atoms with Gasteiger partial charge in [-0.15, -0.1) is 0 Å². The summed E-state index contributed by atoms with van der Waals surface area (Å²) in [6.07, 6.45) is 4.58. The van der Waals surface area contributed by atoms with Crippen molar-refractivity contribution in [3.8, 4) is 6.07 Å². The fraction of sp³-hybridized carbons (Fsp3) is 0.833. The fourth-order valence-electron chi connectivity index (χ4n) is 2.01. The number of amides is 1. The molecule has 1 aliphatic rings. The summed E-state index contributed by atoms with van der Waals surface area (Å²) in [6.45, 7) is 4.17. The Bertz CT molecular complexity index is 257. The van der Waals surface area contributed by atoms with Gasteiger partial charge in [-0.3, -0.25) is 4.79 Å². The largest absolute Gasteiger partial charge is 0.352 e. The maximum Gasteiger partial charge on any atom is 0.220 e. The highest BCUT2D eigenvalue weighted by Gasteiger charge is 2.28. The Hall–Kier alpha value is -1.04. The summed E-state index contributed by atoms with van der Waals surface area (Å²) in [5.74, 6) is 0.578. The van der Waals surface area contributed by atoms with Gasteiger partial charge < -0.3 is 5.32 Å². The molecule has 1 N–H and O–H groups in total. The normalized spacial score (nSPS) is 27.0. The van der Waals surface area contributed by atoms with Crippen LogP contribution in [0.2, 0.25) is 0 Å². The van der Waals surface area contributed by atoms with Crippen LogP contribution in [0.3, 0.4) is 0 Å². The third-order valence-electron chi connectivity index (χ3n) is 3.26. The molecule has 0 aromatic heterocycles. The molecule has 3 nitrogen and oxygen atoms in total. The topological polar surface area (TPSA) is 52.9 Å². The predicted molar refractivity (Wildman–Crippen MR) is 59.0 cm³/mol. The summed E-state index contributed by atoms with van der Waals surface area (Å²) < 4.78 is 0. The third-order valence-corrected chi connectivity index (χ3v) is 3.26. The second kappa shape index (κ2) is 5.75. The van der Waals surface area contributed by atoms with Gasteiger partial charge in [-0.1, -0.05) is 20.3 Å². The molecule has 3 heteroatoms. The van der Waals surface area contributed by atoms with Gasteiger partial charge in [-0.05, 0) is 25.2 Å². The molecule has 15 heavy (non-hydrogen) atoms.